The normalized spacial score (nSPS) is 20.3. The van der Waals surface area contributed by atoms with Crippen LogP contribution in [-0.4, -0.2) is 39.5 Å². The Morgan fingerprint density at radius 3 is 1.30 bits per heavy atom. The van der Waals surface area contributed by atoms with E-state index < -0.39 is 0 Å². The van der Waals surface area contributed by atoms with Crippen LogP contribution in [0.3, 0.4) is 0 Å². The molecule has 3 aromatic carbocycles. The van der Waals surface area contributed by atoms with E-state index in [4.69, 9.17) is 5.73 Å². The van der Waals surface area contributed by atoms with Crippen molar-refractivity contribution < 1.29 is 15.3 Å². The van der Waals surface area contributed by atoms with E-state index in [1.807, 2.05) is 43.3 Å². The van der Waals surface area contributed by atoms with Crippen LogP contribution in [0.5, 0.6) is 17.2 Å². The summed E-state index contributed by atoms with van der Waals surface area (Å²) >= 11 is 0. The molecule has 50 heavy (non-hydrogen) atoms. The van der Waals surface area contributed by atoms with Crippen molar-refractivity contribution in [2.24, 2.45) is 5.73 Å². The predicted octanol–water partition coefficient (Wildman–Crippen LogP) is 7.29. The van der Waals surface area contributed by atoms with Crippen molar-refractivity contribution in [3.05, 3.63) is 88.0 Å². The first-order chi connectivity index (χ1) is 24.4. The third kappa shape index (κ3) is 11.2. The molecule has 0 bridgehead atoms. The average molecular weight is 686 g/mol. The molecule has 0 amide bonds. The van der Waals surface area contributed by atoms with Crippen molar-refractivity contribution in [2.75, 3.05) is 0 Å². The number of nitrogens with one attached hydrogen (secondary N) is 4. The van der Waals surface area contributed by atoms with Gasteiger partial charge < -0.3 is 42.3 Å². The highest BCUT2D eigenvalue weighted by Gasteiger charge is 2.25. The Morgan fingerprint density at radius 1 is 0.480 bits per heavy atom. The van der Waals surface area contributed by atoms with Gasteiger partial charge in [-0.3, -0.25) is 0 Å². The monoisotopic (exact) mass is 685 g/mol. The van der Waals surface area contributed by atoms with Crippen molar-refractivity contribution in [3.63, 3.8) is 0 Å². The minimum atomic E-state index is 0.303. The minimum absolute atomic E-state index is 0.303. The zero-order valence-corrected chi connectivity index (χ0v) is 30.4. The van der Waals surface area contributed by atoms with Crippen LogP contribution in [0.15, 0.2) is 54.6 Å². The first-order valence-corrected chi connectivity index (χ1v) is 19.4. The quantitative estimate of drug-likeness (QED) is 0.0941. The molecule has 0 saturated heterocycles. The molecule has 0 radical (unpaired) electrons. The van der Waals surface area contributed by atoms with Crippen molar-refractivity contribution in [1.82, 2.24) is 21.3 Å². The highest BCUT2D eigenvalue weighted by atomic mass is 16.3. The maximum absolute atomic E-state index is 10.6. The van der Waals surface area contributed by atoms with Crippen molar-refractivity contribution in [1.29, 1.82) is 0 Å². The summed E-state index contributed by atoms with van der Waals surface area (Å²) in [4.78, 5) is 0. The minimum Gasteiger partial charge on any atom is -0.507 e. The highest BCUT2D eigenvalue weighted by Crippen LogP contribution is 2.27. The van der Waals surface area contributed by atoms with Gasteiger partial charge in [0, 0.05) is 84.7 Å². The summed E-state index contributed by atoms with van der Waals surface area (Å²) in [5.41, 5.74) is 11.3. The number of hydrogen-bond donors (Lipinski definition) is 8. The topological polar surface area (TPSA) is 135 Å². The lowest BCUT2D eigenvalue weighted by molar-refractivity contribution is 0.279. The smallest absolute Gasteiger partial charge is 0.124 e. The molecule has 0 aromatic heterocycles. The molecule has 0 aliphatic heterocycles. The molecule has 2 unspecified atom stereocenters. The number of benzene rings is 3. The molecule has 2 atom stereocenters. The molecular formula is C42H63N5O3. The number of hydrogen-bond acceptors (Lipinski definition) is 8. The van der Waals surface area contributed by atoms with E-state index in [0.29, 0.717) is 61.1 Å². The summed E-state index contributed by atoms with van der Waals surface area (Å²) in [6, 6.07) is 19.7. The number of phenols is 3. The number of aryl methyl sites for hydroxylation is 1. The summed E-state index contributed by atoms with van der Waals surface area (Å²) in [5.74, 6) is 1.17. The average Bonchev–Trinajstić information content (AvgIpc) is 3.15. The van der Waals surface area contributed by atoms with Gasteiger partial charge >= 0.3 is 0 Å². The molecule has 3 saturated carbocycles. The molecule has 0 spiro atoms. The number of nitrogens with two attached hydrogens (primary N) is 1. The van der Waals surface area contributed by atoms with Gasteiger partial charge in [0.25, 0.3) is 0 Å². The number of rotatable bonds is 13. The number of para-hydroxylation sites is 3. The van der Waals surface area contributed by atoms with E-state index >= 15 is 0 Å². The van der Waals surface area contributed by atoms with Crippen LogP contribution in [0.1, 0.15) is 123 Å². The number of aromatic hydroxyl groups is 3. The Hall–Kier alpha value is -3.14. The molecular weight excluding hydrogens is 622 g/mol. The van der Waals surface area contributed by atoms with Gasteiger partial charge in [-0.05, 0) is 51.0 Å². The molecule has 3 aliphatic carbocycles. The van der Waals surface area contributed by atoms with Crippen LogP contribution in [0.2, 0.25) is 0 Å². The van der Waals surface area contributed by atoms with Gasteiger partial charge in [0.2, 0.25) is 0 Å². The lowest BCUT2D eigenvalue weighted by atomic mass is 9.89. The van der Waals surface area contributed by atoms with E-state index in [-0.39, 0.29) is 0 Å². The molecule has 9 N–H and O–H groups in total. The van der Waals surface area contributed by atoms with Gasteiger partial charge in [-0.15, -0.1) is 0 Å². The lowest BCUT2D eigenvalue weighted by Gasteiger charge is -2.33. The van der Waals surface area contributed by atoms with Crippen LogP contribution < -0.4 is 27.0 Å². The Balaban J connectivity index is 0.000000197. The molecule has 3 aliphatic rings. The molecule has 8 heteroatoms. The van der Waals surface area contributed by atoms with Crippen LogP contribution in [0, 0.1) is 6.92 Å². The van der Waals surface area contributed by atoms with Crippen molar-refractivity contribution in [3.8, 4) is 17.2 Å². The Kier molecular flexibility index (Phi) is 15.3. The predicted molar refractivity (Wildman–Crippen MR) is 204 cm³/mol. The molecule has 3 aromatic rings. The van der Waals surface area contributed by atoms with Gasteiger partial charge in [0.15, 0.2) is 0 Å². The second kappa shape index (κ2) is 20.0. The lowest BCUT2D eigenvalue weighted by Crippen LogP contribution is -2.49. The Morgan fingerprint density at radius 2 is 0.840 bits per heavy atom. The van der Waals surface area contributed by atoms with Gasteiger partial charge in [0.05, 0.1) is 0 Å². The second-order valence-corrected chi connectivity index (χ2v) is 14.8. The van der Waals surface area contributed by atoms with E-state index in [1.54, 1.807) is 0 Å². The van der Waals surface area contributed by atoms with E-state index in [0.717, 1.165) is 59.3 Å². The maximum atomic E-state index is 10.6. The summed E-state index contributed by atoms with van der Waals surface area (Å²) in [7, 11) is 0. The highest BCUT2D eigenvalue weighted by molar-refractivity contribution is 5.41. The molecule has 8 nitrogen and oxygen atoms in total. The molecule has 6 rings (SSSR count). The van der Waals surface area contributed by atoms with Crippen LogP contribution >= 0.6 is 0 Å². The summed E-state index contributed by atoms with van der Waals surface area (Å²) in [5, 5.41) is 45.6. The number of phenolic OH excluding ortho intramolecular Hbond substituents is 3. The van der Waals surface area contributed by atoms with Crippen LogP contribution in [0.25, 0.3) is 0 Å². The Labute approximate surface area is 300 Å². The third-order valence-electron chi connectivity index (χ3n) is 11.2. The van der Waals surface area contributed by atoms with Gasteiger partial charge in [-0.1, -0.05) is 106 Å². The van der Waals surface area contributed by atoms with E-state index in [1.165, 1.54) is 77.0 Å². The van der Waals surface area contributed by atoms with Crippen molar-refractivity contribution >= 4 is 0 Å². The first kappa shape index (κ1) is 38.1. The van der Waals surface area contributed by atoms with Gasteiger partial charge in [-0.2, -0.15) is 0 Å². The van der Waals surface area contributed by atoms with E-state index in [2.05, 4.69) is 39.5 Å². The molecule has 0 heterocycles. The molecule has 274 valence electrons. The SMILES string of the molecule is Cc1cccc(CNC2CCCCC2NCc2cccc(CN)c2O)c1O.Oc1c(CNC2CCCCC2)cccc1CNC1CCCCC1. The molecule has 3 fully saturated rings. The summed E-state index contributed by atoms with van der Waals surface area (Å²) < 4.78 is 0. The largest absolute Gasteiger partial charge is 0.507 e. The van der Waals surface area contributed by atoms with Crippen LogP contribution in [0.4, 0.5) is 0 Å². The fourth-order valence-corrected chi connectivity index (χ4v) is 7.97. The van der Waals surface area contributed by atoms with Crippen LogP contribution in [-0.2, 0) is 32.7 Å². The van der Waals surface area contributed by atoms with Crippen molar-refractivity contribution in [2.45, 2.75) is 154 Å². The zero-order valence-electron chi connectivity index (χ0n) is 30.4. The third-order valence-corrected chi connectivity index (χ3v) is 11.2. The fraction of sp³-hybridized carbons (Fsp3) is 0.571. The second-order valence-electron chi connectivity index (χ2n) is 14.8. The van der Waals surface area contributed by atoms with Gasteiger partial charge in [-0.25, -0.2) is 0 Å². The Bertz CT molecular complexity index is 1410. The zero-order chi connectivity index (χ0) is 35.1. The standard InChI is InChI=1S/C22H31N3O2.C20H32N2O/c1-15-6-4-8-17(21(15)26)13-24-19-10-2-3-11-20(19)25-14-18-9-5-7-16(12-23)22(18)27;23-20-16(14-21-18-10-3-1-4-11-18)8-7-9-17(20)15-22-19-12-5-2-6-13-19/h4-9,19-20,24-27H,2-3,10-14,23H2,1H3;7-9,18-19,21-23H,1-6,10-15H2. The summed E-state index contributed by atoms with van der Waals surface area (Å²) in [6.07, 6.45) is 17.9. The van der Waals surface area contributed by atoms with E-state index in [9.17, 15) is 15.3 Å². The van der Waals surface area contributed by atoms with Gasteiger partial charge in [0.1, 0.15) is 17.2 Å². The first-order valence-electron chi connectivity index (χ1n) is 19.4. The maximum Gasteiger partial charge on any atom is 0.124 e. The summed E-state index contributed by atoms with van der Waals surface area (Å²) in [6.45, 7) is 5.11. The fourth-order valence-electron chi connectivity index (χ4n) is 7.97.